The lowest BCUT2D eigenvalue weighted by atomic mass is 10.1. The van der Waals surface area contributed by atoms with Crippen LogP contribution in [-0.4, -0.2) is 43.9 Å². The van der Waals surface area contributed by atoms with Gasteiger partial charge in [-0.2, -0.15) is 0 Å². The Labute approximate surface area is 125 Å². The number of carbonyl (C=O) groups excluding carboxylic acids is 1. The number of carbonyl (C=O) groups is 1. The third-order valence-electron chi connectivity index (χ3n) is 3.92. The molecule has 2 rings (SSSR count). The second-order valence-electron chi connectivity index (χ2n) is 5.73. The molecule has 2 heterocycles. The van der Waals surface area contributed by atoms with E-state index in [2.05, 4.69) is 5.32 Å². The zero-order chi connectivity index (χ0) is 15.8. The molecule has 0 aromatic carbocycles. The quantitative estimate of drug-likeness (QED) is 0.922. The number of furan rings is 1. The van der Waals surface area contributed by atoms with Gasteiger partial charge < -0.3 is 14.6 Å². The number of rotatable bonds is 3. The zero-order valence-electron chi connectivity index (χ0n) is 12.8. The van der Waals surface area contributed by atoms with E-state index in [0.29, 0.717) is 13.0 Å². The molecule has 1 aromatic rings. The largest absolute Gasteiger partial charge is 0.466 e. The van der Waals surface area contributed by atoms with Gasteiger partial charge in [0.2, 0.25) is 0 Å². The SMILES string of the molecule is Cc1cc([C@H](C)NC(=O)N2CC[C@@H](S(C)(=O)=O)C2)c(C)o1. The minimum atomic E-state index is -3.09. The Hall–Kier alpha value is -1.50. The number of nitrogens with one attached hydrogen (secondary N) is 1. The molecule has 0 saturated carbocycles. The highest BCUT2D eigenvalue weighted by Crippen LogP contribution is 2.22. The molecule has 0 aliphatic carbocycles. The second kappa shape index (κ2) is 5.71. The molecule has 7 heteroatoms. The molecule has 1 aliphatic heterocycles. The molecule has 6 nitrogen and oxygen atoms in total. The summed E-state index contributed by atoms with van der Waals surface area (Å²) in [7, 11) is -3.09. The summed E-state index contributed by atoms with van der Waals surface area (Å²) in [5.74, 6) is 1.60. The molecule has 1 fully saturated rings. The van der Waals surface area contributed by atoms with Crippen molar-refractivity contribution in [2.75, 3.05) is 19.3 Å². The Morgan fingerprint density at radius 1 is 1.48 bits per heavy atom. The van der Waals surface area contributed by atoms with E-state index in [1.165, 1.54) is 6.26 Å². The first kappa shape index (κ1) is 15.9. The first-order valence-corrected chi connectivity index (χ1v) is 8.95. The zero-order valence-corrected chi connectivity index (χ0v) is 13.7. The fourth-order valence-electron chi connectivity index (χ4n) is 2.70. The van der Waals surface area contributed by atoms with Crippen LogP contribution in [0.4, 0.5) is 4.79 Å². The first-order chi connectivity index (χ1) is 9.68. The highest BCUT2D eigenvalue weighted by atomic mass is 32.2. The van der Waals surface area contributed by atoms with Gasteiger partial charge in [-0.3, -0.25) is 0 Å². The van der Waals surface area contributed by atoms with Crippen LogP contribution in [0, 0.1) is 13.8 Å². The molecule has 1 aromatic heterocycles. The number of amides is 2. The molecule has 2 atom stereocenters. The molecule has 1 N–H and O–H groups in total. The van der Waals surface area contributed by atoms with E-state index < -0.39 is 15.1 Å². The van der Waals surface area contributed by atoms with Crippen LogP contribution in [0.25, 0.3) is 0 Å². The molecule has 2 amide bonds. The van der Waals surface area contributed by atoms with Gasteiger partial charge in [0.05, 0.1) is 11.3 Å². The van der Waals surface area contributed by atoms with Gasteiger partial charge >= 0.3 is 6.03 Å². The monoisotopic (exact) mass is 314 g/mol. The number of nitrogens with zero attached hydrogens (tertiary/aromatic N) is 1. The lowest BCUT2D eigenvalue weighted by Gasteiger charge is -2.20. The highest BCUT2D eigenvalue weighted by Gasteiger charge is 2.33. The van der Waals surface area contributed by atoms with Gasteiger partial charge in [0.25, 0.3) is 0 Å². The standard InChI is InChI=1S/C14H22N2O4S/c1-9-7-13(11(3)20-9)10(2)15-14(17)16-6-5-12(8-16)21(4,18)19/h7,10,12H,5-6,8H2,1-4H3,(H,15,17)/t10-,12+/m0/s1. The predicted octanol–water partition coefficient (Wildman–Crippen LogP) is 1.79. The summed E-state index contributed by atoms with van der Waals surface area (Å²) in [6.07, 6.45) is 1.73. The fourth-order valence-corrected chi connectivity index (χ4v) is 3.68. The van der Waals surface area contributed by atoms with Crippen LogP contribution in [0.15, 0.2) is 10.5 Å². The van der Waals surface area contributed by atoms with Crippen LogP contribution in [0.1, 0.15) is 36.5 Å². The van der Waals surface area contributed by atoms with Gasteiger partial charge in [-0.05, 0) is 33.3 Å². The van der Waals surface area contributed by atoms with E-state index in [9.17, 15) is 13.2 Å². The topological polar surface area (TPSA) is 79.6 Å². The van der Waals surface area contributed by atoms with Crippen molar-refractivity contribution in [3.05, 3.63) is 23.2 Å². The van der Waals surface area contributed by atoms with Gasteiger partial charge in [0.15, 0.2) is 9.84 Å². The lowest BCUT2D eigenvalue weighted by Crippen LogP contribution is -2.40. The van der Waals surface area contributed by atoms with Crippen LogP contribution in [0.5, 0.6) is 0 Å². The van der Waals surface area contributed by atoms with E-state index in [0.717, 1.165) is 17.1 Å². The number of aryl methyl sites for hydroxylation is 2. The molecule has 0 radical (unpaired) electrons. The molecule has 0 bridgehead atoms. The fraction of sp³-hybridized carbons (Fsp3) is 0.643. The summed E-state index contributed by atoms with van der Waals surface area (Å²) >= 11 is 0. The van der Waals surface area contributed by atoms with Crippen molar-refractivity contribution in [2.45, 2.75) is 38.5 Å². The van der Waals surface area contributed by atoms with Crippen molar-refractivity contribution < 1.29 is 17.6 Å². The van der Waals surface area contributed by atoms with Crippen molar-refractivity contribution in [2.24, 2.45) is 0 Å². The molecule has 1 aliphatic rings. The molecule has 0 unspecified atom stereocenters. The van der Waals surface area contributed by atoms with E-state index in [-0.39, 0.29) is 18.6 Å². The Bertz CT molecular complexity index is 635. The van der Waals surface area contributed by atoms with E-state index in [4.69, 9.17) is 4.42 Å². The smallest absolute Gasteiger partial charge is 0.317 e. The molecule has 21 heavy (non-hydrogen) atoms. The third-order valence-corrected chi connectivity index (χ3v) is 5.52. The summed E-state index contributed by atoms with van der Waals surface area (Å²) < 4.78 is 28.5. The molecule has 0 spiro atoms. The number of sulfone groups is 1. The van der Waals surface area contributed by atoms with Crippen LogP contribution in [0.3, 0.4) is 0 Å². The predicted molar refractivity (Wildman–Crippen MR) is 80.0 cm³/mol. The molecule has 118 valence electrons. The Morgan fingerprint density at radius 2 is 2.14 bits per heavy atom. The van der Waals surface area contributed by atoms with Crippen molar-refractivity contribution in [3.63, 3.8) is 0 Å². The lowest BCUT2D eigenvalue weighted by molar-refractivity contribution is 0.205. The minimum Gasteiger partial charge on any atom is -0.466 e. The summed E-state index contributed by atoms with van der Waals surface area (Å²) in [5.41, 5.74) is 0.944. The molecule has 1 saturated heterocycles. The Morgan fingerprint density at radius 3 is 2.62 bits per heavy atom. The van der Waals surface area contributed by atoms with E-state index in [1.54, 1.807) is 4.90 Å². The second-order valence-corrected chi connectivity index (χ2v) is 8.05. The maximum Gasteiger partial charge on any atom is 0.317 e. The van der Waals surface area contributed by atoms with Crippen LogP contribution >= 0.6 is 0 Å². The number of urea groups is 1. The summed E-state index contributed by atoms with van der Waals surface area (Å²) in [6, 6.07) is 1.50. The summed E-state index contributed by atoms with van der Waals surface area (Å²) in [6.45, 7) is 6.35. The molecular formula is C14H22N2O4S. The number of likely N-dealkylation sites (tertiary alicyclic amines) is 1. The number of hydrogen-bond acceptors (Lipinski definition) is 4. The van der Waals surface area contributed by atoms with Gasteiger partial charge in [-0.15, -0.1) is 0 Å². The summed E-state index contributed by atoms with van der Waals surface area (Å²) in [5, 5.41) is 2.45. The highest BCUT2D eigenvalue weighted by molar-refractivity contribution is 7.91. The van der Waals surface area contributed by atoms with E-state index in [1.807, 2.05) is 26.8 Å². The third kappa shape index (κ3) is 3.58. The number of hydrogen-bond donors (Lipinski definition) is 1. The average Bonchev–Trinajstić information content (AvgIpc) is 2.95. The normalized spacial score (nSPS) is 20.6. The van der Waals surface area contributed by atoms with Crippen molar-refractivity contribution in [1.82, 2.24) is 10.2 Å². The van der Waals surface area contributed by atoms with Crippen molar-refractivity contribution >= 4 is 15.9 Å². The first-order valence-electron chi connectivity index (χ1n) is 6.99. The minimum absolute atomic E-state index is 0.174. The van der Waals surface area contributed by atoms with Gasteiger partial charge in [-0.1, -0.05) is 0 Å². The van der Waals surface area contributed by atoms with E-state index >= 15 is 0 Å². The van der Waals surface area contributed by atoms with Crippen LogP contribution in [0.2, 0.25) is 0 Å². The maximum absolute atomic E-state index is 12.2. The van der Waals surface area contributed by atoms with Crippen LogP contribution < -0.4 is 5.32 Å². The molecular weight excluding hydrogens is 292 g/mol. The average molecular weight is 314 g/mol. The van der Waals surface area contributed by atoms with Crippen molar-refractivity contribution in [1.29, 1.82) is 0 Å². The van der Waals surface area contributed by atoms with Gasteiger partial charge in [0.1, 0.15) is 11.5 Å². The maximum atomic E-state index is 12.2. The van der Waals surface area contributed by atoms with Gasteiger partial charge in [-0.25, -0.2) is 13.2 Å². The van der Waals surface area contributed by atoms with Gasteiger partial charge in [0, 0.05) is 24.9 Å². The van der Waals surface area contributed by atoms with Crippen LogP contribution in [-0.2, 0) is 9.84 Å². The Kier molecular flexibility index (Phi) is 4.32. The van der Waals surface area contributed by atoms with Crippen molar-refractivity contribution in [3.8, 4) is 0 Å². The summed E-state index contributed by atoms with van der Waals surface area (Å²) in [4.78, 5) is 13.8. The Balaban J connectivity index is 1.98.